The third kappa shape index (κ3) is 2.87. The van der Waals surface area contributed by atoms with Gasteiger partial charge in [0.05, 0.1) is 36.0 Å². The first-order chi connectivity index (χ1) is 17.3. The van der Waals surface area contributed by atoms with Crippen molar-refractivity contribution in [2.24, 2.45) is 29.1 Å². The molecule has 0 aromatic heterocycles. The van der Waals surface area contributed by atoms with Gasteiger partial charge in [-0.25, -0.2) is 4.90 Å². The highest BCUT2D eigenvalue weighted by Gasteiger charge is 2.67. The van der Waals surface area contributed by atoms with Crippen molar-refractivity contribution < 1.29 is 29.0 Å². The maximum absolute atomic E-state index is 14.2. The lowest BCUT2D eigenvalue weighted by molar-refractivity contribution is -0.131. The minimum Gasteiger partial charge on any atom is -0.508 e. The zero-order valence-corrected chi connectivity index (χ0v) is 19.9. The van der Waals surface area contributed by atoms with Gasteiger partial charge in [0, 0.05) is 11.5 Å². The second-order valence-electron chi connectivity index (χ2n) is 10.3. The van der Waals surface area contributed by atoms with Gasteiger partial charge in [-0.1, -0.05) is 29.8 Å². The maximum Gasteiger partial charge on any atom is 0.241 e. The van der Waals surface area contributed by atoms with E-state index in [-0.39, 0.29) is 35.8 Å². The Balaban J connectivity index is 1.57. The molecule has 0 unspecified atom stereocenters. The number of nitrogens with zero attached hydrogens (tertiary/aromatic N) is 1. The van der Waals surface area contributed by atoms with Gasteiger partial charge in [0.25, 0.3) is 0 Å². The molecule has 0 spiro atoms. The number of aromatic hydroxyl groups is 1. The van der Waals surface area contributed by atoms with E-state index >= 15 is 0 Å². The highest BCUT2D eigenvalue weighted by Crippen LogP contribution is 2.64. The average Bonchev–Trinajstić information content (AvgIpc) is 3.27. The fourth-order valence-electron chi connectivity index (χ4n) is 6.98. The van der Waals surface area contributed by atoms with Crippen LogP contribution >= 0.6 is 0 Å². The molecule has 6 rings (SSSR count). The van der Waals surface area contributed by atoms with Crippen molar-refractivity contribution in [1.82, 2.24) is 5.32 Å². The zero-order chi connectivity index (χ0) is 25.4. The molecule has 6 atom stereocenters. The fourth-order valence-corrected chi connectivity index (χ4v) is 6.98. The molecule has 2 N–H and O–H groups in total. The summed E-state index contributed by atoms with van der Waals surface area (Å²) in [6.07, 6.45) is 2.58. The number of carbonyl (C=O) groups is 4. The number of benzene rings is 2. The highest BCUT2D eigenvalue weighted by molar-refractivity contribution is 6.24. The Morgan fingerprint density at radius 3 is 2.50 bits per heavy atom. The summed E-state index contributed by atoms with van der Waals surface area (Å²) in [7, 11) is 1.52. The van der Waals surface area contributed by atoms with Crippen LogP contribution in [-0.4, -0.2) is 35.8 Å². The molecule has 2 heterocycles. The van der Waals surface area contributed by atoms with Crippen LogP contribution in [0.25, 0.3) is 0 Å². The number of phenolic OH excluding ortho intramolecular Hbond substituents is 1. The molecule has 8 nitrogen and oxygen atoms in total. The van der Waals surface area contributed by atoms with Gasteiger partial charge in [-0.15, -0.1) is 0 Å². The maximum atomic E-state index is 14.2. The van der Waals surface area contributed by atoms with Gasteiger partial charge < -0.3 is 9.84 Å². The number of rotatable bonds is 3. The molecule has 2 aliphatic heterocycles. The molecule has 0 radical (unpaired) electrons. The van der Waals surface area contributed by atoms with E-state index in [4.69, 9.17) is 4.74 Å². The summed E-state index contributed by atoms with van der Waals surface area (Å²) < 4.78 is 5.42. The molecule has 4 aliphatic rings. The predicted molar refractivity (Wildman–Crippen MR) is 129 cm³/mol. The van der Waals surface area contributed by atoms with E-state index in [0.29, 0.717) is 23.4 Å². The van der Waals surface area contributed by atoms with Gasteiger partial charge in [0.1, 0.15) is 11.5 Å². The smallest absolute Gasteiger partial charge is 0.241 e. The van der Waals surface area contributed by atoms with Gasteiger partial charge in [-0.05, 0) is 56.0 Å². The first kappa shape index (κ1) is 22.5. The number of anilines is 1. The summed E-state index contributed by atoms with van der Waals surface area (Å²) in [5.74, 6) is -3.73. The van der Waals surface area contributed by atoms with Crippen molar-refractivity contribution in [3.8, 4) is 11.5 Å². The number of ether oxygens (including phenoxy) is 1. The van der Waals surface area contributed by atoms with Crippen LogP contribution in [0.1, 0.15) is 31.2 Å². The predicted octanol–water partition coefficient (Wildman–Crippen LogP) is 2.92. The summed E-state index contributed by atoms with van der Waals surface area (Å²) in [5.41, 5.74) is 0.572. The molecule has 2 aliphatic carbocycles. The second kappa shape index (κ2) is 7.78. The summed E-state index contributed by atoms with van der Waals surface area (Å²) in [6.45, 7) is 1.79. The molecule has 2 saturated heterocycles. The number of methoxy groups -OCH3 is 1. The molecule has 184 valence electrons. The Hall–Kier alpha value is -3.94. The highest BCUT2D eigenvalue weighted by atomic mass is 16.5. The molecule has 2 aromatic carbocycles. The van der Waals surface area contributed by atoms with Gasteiger partial charge in [-0.2, -0.15) is 0 Å². The van der Waals surface area contributed by atoms with Gasteiger partial charge >= 0.3 is 0 Å². The lowest BCUT2D eigenvalue weighted by Gasteiger charge is -2.49. The Labute approximate surface area is 207 Å². The Morgan fingerprint density at radius 1 is 1.03 bits per heavy atom. The number of hydrogen-bond acceptors (Lipinski definition) is 6. The number of allylic oxidation sites excluding steroid dienone is 2. The van der Waals surface area contributed by atoms with Crippen molar-refractivity contribution >= 4 is 29.3 Å². The van der Waals surface area contributed by atoms with Crippen LogP contribution in [-0.2, 0) is 19.2 Å². The Kier molecular flexibility index (Phi) is 4.87. The SMILES string of the molecule is COc1ccc(O)c([C@H]2C3=CC[C@@H]4C(=O)NC(=O)[C@@H]4[C@@H]3C[C@H]3C(=O)N(c4ccccc4)C(=O)[C@@]23C)c1. The van der Waals surface area contributed by atoms with E-state index in [1.165, 1.54) is 18.1 Å². The monoisotopic (exact) mass is 486 g/mol. The van der Waals surface area contributed by atoms with Crippen LogP contribution in [0.5, 0.6) is 11.5 Å². The lowest BCUT2D eigenvalue weighted by Crippen LogP contribution is -2.48. The van der Waals surface area contributed by atoms with Gasteiger partial charge in [0.15, 0.2) is 0 Å². The molecule has 0 bridgehead atoms. The van der Waals surface area contributed by atoms with E-state index in [9.17, 15) is 24.3 Å². The van der Waals surface area contributed by atoms with Crippen LogP contribution in [0.2, 0.25) is 0 Å². The molecule has 1 saturated carbocycles. The average molecular weight is 487 g/mol. The van der Waals surface area contributed by atoms with E-state index < -0.39 is 35.0 Å². The van der Waals surface area contributed by atoms with E-state index in [0.717, 1.165) is 5.57 Å². The van der Waals surface area contributed by atoms with E-state index in [1.54, 1.807) is 43.3 Å². The van der Waals surface area contributed by atoms with Gasteiger partial charge in [-0.3, -0.25) is 24.5 Å². The molecule has 8 heteroatoms. The number of amides is 4. The number of carbonyl (C=O) groups excluding carboxylic acids is 4. The zero-order valence-electron chi connectivity index (χ0n) is 19.9. The normalized spacial score (nSPS) is 33.0. The minimum atomic E-state index is -1.20. The van der Waals surface area contributed by atoms with Gasteiger partial charge in [0.2, 0.25) is 23.6 Å². The lowest BCUT2D eigenvalue weighted by atomic mass is 9.51. The van der Waals surface area contributed by atoms with Crippen molar-refractivity contribution in [3.05, 3.63) is 65.7 Å². The van der Waals surface area contributed by atoms with Crippen LogP contribution in [0.4, 0.5) is 5.69 Å². The number of nitrogens with one attached hydrogen (secondary N) is 1. The third-order valence-electron chi connectivity index (χ3n) is 8.68. The first-order valence-electron chi connectivity index (χ1n) is 12.1. The van der Waals surface area contributed by atoms with Crippen LogP contribution in [0.3, 0.4) is 0 Å². The molecule has 3 fully saturated rings. The van der Waals surface area contributed by atoms with Crippen LogP contribution in [0, 0.1) is 29.1 Å². The third-order valence-corrected chi connectivity index (χ3v) is 8.68. The van der Waals surface area contributed by atoms with Crippen molar-refractivity contribution in [1.29, 1.82) is 0 Å². The number of fused-ring (bicyclic) bond motifs is 4. The standard InChI is InChI=1S/C28H26N2O6/c1-28-20(26(34)30(27(28)35)14-6-4-3-5-7-14)13-18-16(9-10-17-22(18)25(33)29-24(17)32)23(28)19-12-15(36-2)8-11-21(19)31/h3-9,11-12,17-18,20,22-23,31H,10,13H2,1-2H3,(H,29,32,33)/t17-,18+,20-,22-,23+,28+/m0/s1. The second-order valence-corrected chi connectivity index (χ2v) is 10.3. The van der Waals surface area contributed by atoms with Crippen molar-refractivity contribution in [2.45, 2.75) is 25.7 Å². The summed E-state index contributed by atoms with van der Waals surface area (Å²) >= 11 is 0. The molecule has 36 heavy (non-hydrogen) atoms. The van der Waals surface area contributed by atoms with E-state index in [2.05, 4.69) is 5.32 Å². The summed E-state index contributed by atoms with van der Waals surface area (Å²) in [5, 5.41) is 13.5. The number of para-hydroxylation sites is 1. The summed E-state index contributed by atoms with van der Waals surface area (Å²) in [6, 6.07) is 13.6. The van der Waals surface area contributed by atoms with Crippen molar-refractivity contribution in [3.63, 3.8) is 0 Å². The molecule has 4 amide bonds. The van der Waals surface area contributed by atoms with Crippen LogP contribution < -0.4 is 15.0 Å². The quantitative estimate of drug-likeness (QED) is 0.510. The Morgan fingerprint density at radius 2 is 1.78 bits per heavy atom. The minimum absolute atomic E-state index is 0.0187. The number of hydrogen-bond donors (Lipinski definition) is 2. The first-order valence-corrected chi connectivity index (χ1v) is 12.1. The van der Waals surface area contributed by atoms with E-state index in [1.807, 2.05) is 12.1 Å². The number of imide groups is 2. The molecular weight excluding hydrogens is 460 g/mol. The summed E-state index contributed by atoms with van der Waals surface area (Å²) in [4.78, 5) is 54.7. The largest absolute Gasteiger partial charge is 0.508 e. The number of phenols is 1. The molecule has 2 aromatic rings. The fraction of sp³-hybridized carbons (Fsp3) is 0.357. The molecular formula is C28H26N2O6. The topological polar surface area (TPSA) is 113 Å². The van der Waals surface area contributed by atoms with Crippen molar-refractivity contribution in [2.75, 3.05) is 12.0 Å². The Bertz CT molecular complexity index is 1350. The van der Waals surface area contributed by atoms with Crippen LogP contribution in [0.15, 0.2) is 60.2 Å².